The van der Waals surface area contributed by atoms with Crippen molar-refractivity contribution in [3.8, 4) is 0 Å². The fourth-order valence-electron chi connectivity index (χ4n) is 9.07. The van der Waals surface area contributed by atoms with Gasteiger partial charge >= 0.3 is 53.7 Å². The zero-order valence-electron chi connectivity index (χ0n) is 45.9. The Balaban J connectivity index is 1.52. The van der Waals surface area contributed by atoms with E-state index in [0.717, 1.165) is 48.5 Å². The molecule has 0 N–H and O–H groups in total. The number of hydrogen-bond acceptors (Lipinski definition) is 26. The van der Waals surface area contributed by atoms with Gasteiger partial charge in [-0.05, 0) is 25.8 Å². The molecule has 0 bridgehead atoms. The minimum atomic E-state index is -2.06. The lowest BCUT2D eigenvalue weighted by atomic mass is 9.89. The Hall–Kier alpha value is -6.65. The van der Waals surface area contributed by atoms with Crippen molar-refractivity contribution in [3.63, 3.8) is 0 Å². The van der Waals surface area contributed by atoms with Crippen LogP contribution in [0.15, 0.2) is 60.7 Å². The lowest BCUT2D eigenvalue weighted by Gasteiger charge is -2.52. The zero-order valence-corrected chi connectivity index (χ0v) is 45.9. The third-order valence-corrected chi connectivity index (χ3v) is 12.6. The van der Waals surface area contributed by atoms with Gasteiger partial charge in [-0.1, -0.05) is 60.7 Å². The molecule has 0 saturated carbocycles. The Morgan fingerprint density at radius 2 is 0.925 bits per heavy atom. The van der Waals surface area contributed by atoms with Gasteiger partial charge in [-0.25, -0.2) is 0 Å². The number of esters is 9. The van der Waals surface area contributed by atoms with E-state index >= 15 is 0 Å². The van der Waals surface area contributed by atoms with Crippen molar-refractivity contribution < 1.29 is 124 Å². The van der Waals surface area contributed by atoms with Crippen LogP contribution in [0.2, 0.25) is 0 Å². The average Bonchev–Trinajstić information content (AvgIpc) is 3.48. The summed E-state index contributed by atoms with van der Waals surface area (Å²) in [6, 6.07) is 17.9. The van der Waals surface area contributed by atoms with Crippen LogP contribution in [0.25, 0.3) is 0 Å². The average molecular weight is 1130 g/mol. The molecule has 6 rings (SSSR count). The predicted octanol–water partition coefficient (Wildman–Crippen LogP) is 2.94. The maximum absolute atomic E-state index is 14.7. The second-order valence-electron chi connectivity index (χ2n) is 19.6. The molecule has 80 heavy (non-hydrogen) atoms. The summed E-state index contributed by atoms with van der Waals surface area (Å²) in [5, 5.41) is 0. The van der Waals surface area contributed by atoms with Gasteiger partial charge in [0.15, 0.2) is 49.4 Å². The monoisotopic (exact) mass is 1130 g/mol. The molecule has 4 fully saturated rings. The van der Waals surface area contributed by atoms with E-state index in [1.807, 2.05) is 6.07 Å². The van der Waals surface area contributed by atoms with Crippen molar-refractivity contribution >= 4 is 53.7 Å². The van der Waals surface area contributed by atoms with Gasteiger partial charge in [0.05, 0.1) is 25.2 Å². The third kappa shape index (κ3) is 17.4. The molecule has 0 spiro atoms. The van der Waals surface area contributed by atoms with Gasteiger partial charge in [0.25, 0.3) is 0 Å². The van der Waals surface area contributed by atoms with Gasteiger partial charge in [0, 0.05) is 61.0 Å². The van der Waals surface area contributed by atoms with Gasteiger partial charge in [0.2, 0.25) is 6.29 Å². The number of carbonyl (C=O) groups excluding carboxylic acids is 9. The van der Waals surface area contributed by atoms with E-state index in [4.69, 9.17) is 80.5 Å². The van der Waals surface area contributed by atoms with Crippen molar-refractivity contribution in [2.24, 2.45) is 5.41 Å². The molecule has 2 aromatic carbocycles. The van der Waals surface area contributed by atoms with Gasteiger partial charge in [-0.15, -0.1) is 0 Å². The third-order valence-electron chi connectivity index (χ3n) is 12.6. The fraction of sp³-hybridized carbons (Fsp3) is 0.611. The van der Waals surface area contributed by atoms with Gasteiger partial charge in [-0.2, -0.15) is 0 Å². The van der Waals surface area contributed by atoms with Crippen molar-refractivity contribution in [3.05, 3.63) is 71.8 Å². The van der Waals surface area contributed by atoms with E-state index in [1.54, 1.807) is 68.4 Å². The molecule has 0 amide bonds. The first-order chi connectivity index (χ1) is 37.9. The first-order valence-electron chi connectivity index (χ1n) is 25.6. The second-order valence-corrected chi connectivity index (χ2v) is 19.6. The van der Waals surface area contributed by atoms with Gasteiger partial charge in [0.1, 0.15) is 55.9 Å². The molecule has 16 atom stereocenters. The maximum atomic E-state index is 14.7. The summed E-state index contributed by atoms with van der Waals surface area (Å²) in [7, 11) is 0. The highest BCUT2D eigenvalue weighted by Gasteiger charge is 2.61. The fourth-order valence-corrected chi connectivity index (χ4v) is 9.07. The minimum absolute atomic E-state index is 0.0265. The first-order valence-corrected chi connectivity index (χ1v) is 25.6. The highest BCUT2D eigenvalue weighted by molar-refractivity contribution is 5.76. The minimum Gasteiger partial charge on any atom is -0.466 e. The molecule has 0 aliphatic carbocycles. The summed E-state index contributed by atoms with van der Waals surface area (Å²) in [5.74, 6) is -8.00. The molecule has 440 valence electrons. The van der Waals surface area contributed by atoms with Crippen LogP contribution in [0, 0.1) is 5.41 Å². The number of rotatable bonds is 22. The highest BCUT2D eigenvalue weighted by Crippen LogP contribution is 2.42. The molecule has 2 aromatic rings. The summed E-state index contributed by atoms with van der Waals surface area (Å²) in [6.07, 6.45) is -26.2. The van der Waals surface area contributed by atoms with Gasteiger partial charge < -0.3 is 80.5 Å². The van der Waals surface area contributed by atoms with Crippen LogP contribution in [0.5, 0.6) is 0 Å². The number of fused-ring (bicyclic) bond motifs is 1. The summed E-state index contributed by atoms with van der Waals surface area (Å²) in [5.41, 5.74) is -0.0674. The lowest BCUT2D eigenvalue weighted by Crippen LogP contribution is -2.69. The quantitative estimate of drug-likeness (QED) is 0.121. The Morgan fingerprint density at radius 1 is 0.475 bits per heavy atom. The summed E-state index contributed by atoms with van der Waals surface area (Å²) in [4.78, 5) is 116. The first kappa shape index (κ1) is 62.5. The van der Waals surface area contributed by atoms with E-state index in [2.05, 4.69) is 0 Å². The molecule has 4 aliphatic heterocycles. The van der Waals surface area contributed by atoms with Crippen LogP contribution in [0.1, 0.15) is 93.1 Å². The Morgan fingerprint density at radius 3 is 1.43 bits per heavy atom. The zero-order chi connectivity index (χ0) is 58.4. The van der Waals surface area contributed by atoms with E-state index in [9.17, 15) is 43.2 Å². The largest absolute Gasteiger partial charge is 0.466 e. The molecule has 4 saturated heterocycles. The summed E-state index contributed by atoms with van der Waals surface area (Å²) < 4.78 is 103. The van der Waals surface area contributed by atoms with Crippen LogP contribution in [-0.4, -0.2) is 172 Å². The Kier molecular flexibility index (Phi) is 22.4. The SMILES string of the molecule is CC(=O)OCCC(C)(C)C(=O)OC1[C@H](O[C@@H]2C(OC(C)=O)[C@H](O[C@@H]3C(OC(C)=O)[C@@H](OC(C)=O)OC(COC(C)=O)[C@H]3OC(C)=O)OC(COC(C)=O)[C@H]2OC(C)=O)OC2COC(c3ccccc3)O[C@H]2[C@H]1OCc1ccccc1. The second kappa shape index (κ2) is 28.7. The Bertz CT molecular complexity index is 2470. The highest BCUT2D eigenvalue weighted by atomic mass is 16.8. The normalized spacial score (nSPS) is 30.2. The number of ether oxygens (including phenoxy) is 17. The molecule has 0 radical (unpaired) electrons. The molecule has 7 unspecified atom stereocenters. The van der Waals surface area contributed by atoms with E-state index in [0.29, 0.717) is 11.1 Å². The van der Waals surface area contributed by atoms with E-state index in [1.165, 1.54) is 6.92 Å². The van der Waals surface area contributed by atoms with Crippen LogP contribution < -0.4 is 0 Å². The van der Waals surface area contributed by atoms with Crippen molar-refractivity contribution in [1.29, 1.82) is 0 Å². The van der Waals surface area contributed by atoms with Crippen LogP contribution >= 0.6 is 0 Å². The van der Waals surface area contributed by atoms with E-state index in [-0.39, 0.29) is 26.2 Å². The standard InChI is InChI=1S/C54H68O26/c1-27(55)64-22-21-54(9,10)53(63)80-46-43(67-23-35-17-13-11-14-18-35)40-39(26-68-49(77-40)36-19-15-12-16-20-36)76-51(46)78-45-42(70-31(5)59)38(25-66-29(3)57)75-52(48(45)72-33(7)61)79-44-41(69-30(4)58)37(24-65-28(2)56)74-50(73-34(8)62)47(44)71-32(6)60/h11-20,37-52H,21-26H2,1-10H3/t37?,38?,39?,40-,41-,42-,43-,44+,45+,46?,47?,48?,49?,50+,51+,52+/m1/s1. The Labute approximate surface area is 460 Å². The van der Waals surface area contributed by atoms with Crippen molar-refractivity contribution in [1.82, 2.24) is 0 Å². The van der Waals surface area contributed by atoms with Crippen LogP contribution in [-0.2, 0) is 130 Å². The van der Waals surface area contributed by atoms with Crippen molar-refractivity contribution in [2.45, 2.75) is 181 Å². The summed E-state index contributed by atoms with van der Waals surface area (Å²) in [6.45, 7) is 9.68. The molecular formula is C54H68O26. The molecule has 26 heteroatoms. The van der Waals surface area contributed by atoms with Crippen molar-refractivity contribution in [2.75, 3.05) is 26.4 Å². The number of carbonyl (C=O) groups is 9. The lowest BCUT2D eigenvalue weighted by molar-refractivity contribution is -0.397. The topological polar surface area (TPSA) is 311 Å². The smallest absolute Gasteiger partial charge is 0.312 e. The molecular weight excluding hydrogens is 1060 g/mol. The molecule has 4 heterocycles. The number of benzene rings is 2. The molecule has 4 aliphatic rings. The predicted molar refractivity (Wildman–Crippen MR) is 263 cm³/mol. The number of hydrogen-bond donors (Lipinski definition) is 0. The van der Waals surface area contributed by atoms with Crippen LogP contribution in [0.4, 0.5) is 0 Å². The molecule has 26 nitrogen and oxygen atoms in total. The van der Waals surface area contributed by atoms with Crippen LogP contribution in [0.3, 0.4) is 0 Å². The summed E-state index contributed by atoms with van der Waals surface area (Å²) >= 11 is 0. The van der Waals surface area contributed by atoms with Gasteiger partial charge in [-0.3, -0.25) is 43.2 Å². The maximum Gasteiger partial charge on any atom is 0.312 e. The van der Waals surface area contributed by atoms with E-state index < -0.39 is 171 Å². The molecule has 0 aromatic heterocycles.